The normalized spacial score (nSPS) is 31.4. The molecule has 1 N–H and O–H groups in total. The highest BCUT2D eigenvalue weighted by Gasteiger charge is 2.41. The van der Waals surface area contributed by atoms with Crippen molar-refractivity contribution in [3.8, 4) is 0 Å². The molecule has 0 aromatic carbocycles. The minimum absolute atomic E-state index is 0.0929. The summed E-state index contributed by atoms with van der Waals surface area (Å²) >= 11 is 0. The Hall–Kier alpha value is -1.59. The van der Waals surface area contributed by atoms with Gasteiger partial charge in [0.15, 0.2) is 0 Å². The molecule has 2 atom stereocenters. The summed E-state index contributed by atoms with van der Waals surface area (Å²) < 4.78 is 0. The second kappa shape index (κ2) is 4.51. The van der Waals surface area contributed by atoms with Gasteiger partial charge in [0.05, 0.1) is 5.92 Å². The van der Waals surface area contributed by atoms with Crippen molar-refractivity contribution in [1.29, 1.82) is 0 Å². The molecule has 3 aliphatic rings. The average molecular weight is 266 g/mol. The lowest BCUT2D eigenvalue weighted by Crippen LogP contribution is -2.33. The molecule has 0 radical (unpaired) electrons. The number of likely N-dealkylation sites (tertiary alicyclic amines) is 2. The number of aliphatic carboxylic acids is 1. The number of carbonyl (C=O) groups excluding carboxylic acids is 2. The molecule has 19 heavy (non-hydrogen) atoms. The first-order valence-electron chi connectivity index (χ1n) is 6.84. The van der Waals surface area contributed by atoms with E-state index in [-0.39, 0.29) is 24.2 Å². The Morgan fingerprint density at radius 3 is 2.47 bits per heavy atom. The molecule has 3 rings (SSSR count). The largest absolute Gasteiger partial charge is 0.481 e. The number of carboxylic acid groups (broad SMARTS) is 1. The fourth-order valence-electron chi connectivity index (χ4n) is 3.10. The van der Waals surface area contributed by atoms with Crippen LogP contribution in [-0.2, 0) is 14.4 Å². The lowest BCUT2D eigenvalue weighted by molar-refractivity contribution is -0.141. The predicted octanol–water partition coefficient (Wildman–Crippen LogP) is -0.0696. The van der Waals surface area contributed by atoms with Gasteiger partial charge >= 0.3 is 5.97 Å². The summed E-state index contributed by atoms with van der Waals surface area (Å²) in [5.74, 6) is -1.22. The van der Waals surface area contributed by atoms with Crippen molar-refractivity contribution in [2.75, 3.05) is 19.6 Å². The second-order valence-corrected chi connectivity index (χ2v) is 5.89. The molecule has 104 valence electrons. The van der Waals surface area contributed by atoms with E-state index in [0.29, 0.717) is 25.6 Å². The molecular weight excluding hydrogens is 248 g/mol. The van der Waals surface area contributed by atoms with Gasteiger partial charge in [0.2, 0.25) is 11.8 Å². The summed E-state index contributed by atoms with van der Waals surface area (Å²) in [7, 11) is 0. The first kappa shape index (κ1) is 12.4. The third-order valence-corrected chi connectivity index (χ3v) is 4.27. The van der Waals surface area contributed by atoms with E-state index in [2.05, 4.69) is 0 Å². The number of nitrogens with zero attached hydrogens (tertiary/aromatic N) is 2. The summed E-state index contributed by atoms with van der Waals surface area (Å²) in [5.41, 5.74) is 0. The average Bonchev–Trinajstić information content (AvgIpc) is 3.03. The van der Waals surface area contributed by atoms with Gasteiger partial charge in [0.25, 0.3) is 0 Å². The van der Waals surface area contributed by atoms with Gasteiger partial charge in [-0.25, -0.2) is 0 Å². The Morgan fingerprint density at radius 2 is 1.89 bits per heavy atom. The molecule has 2 aliphatic heterocycles. The van der Waals surface area contributed by atoms with Gasteiger partial charge in [-0.1, -0.05) is 0 Å². The minimum atomic E-state index is -0.905. The molecule has 2 heterocycles. The molecule has 6 nitrogen and oxygen atoms in total. The van der Waals surface area contributed by atoms with Crippen molar-refractivity contribution in [2.24, 2.45) is 11.8 Å². The monoisotopic (exact) mass is 266 g/mol. The van der Waals surface area contributed by atoms with Crippen LogP contribution in [0.4, 0.5) is 0 Å². The van der Waals surface area contributed by atoms with Crippen molar-refractivity contribution in [2.45, 2.75) is 31.7 Å². The first-order valence-corrected chi connectivity index (χ1v) is 6.84. The number of carboxylic acids is 1. The molecule has 2 amide bonds. The molecule has 0 aromatic heterocycles. The first-order chi connectivity index (χ1) is 9.04. The van der Waals surface area contributed by atoms with Crippen LogP contribution in [-0.4, -0.2) is 58.4 Å². The van der Waals surface area contributed by atoms with E-state index in [0.717, 1.165) is 19.4 Å². The van der Waals surface area contributed by atoms with Crippen LogP contribution in [0.2, 0.25) is 0 Å². The second-order valence-electron chi connectivity index (χ2n) is 5.89. The van der Waals surface area contributed by atoms with Crippen LogP contribution in [0.25, 0.3) is 0 Å². The van der Waals surface area contributed by atoms with Crippen LogP contribution >= 0.6 is 0 Å². The van der Waals surface area contributed by atoms with Crippen LogP contribution in [0.5, 0.6) is 0 Å². The van der Waals surface area contributed by atoms with Gasteiger partial charge in [-0.05, 0) is 12.8 Å². The summed E-state index contributed by atoms with van der Waals surface area (Å²) in [6.07, 6.45) is 2.80. The van der Waals surface area contributed by atoms with E-state index in [9.17, 15) is 14.4 Å². The Labute approximate surface area is 111 Å². The fraction of sp³-hybridized carbons (Fsp3) is 0.769. The van der Waals surface area contributed by atoms with Gasteiger partial charge in [0, 0.05) is 44.4 Å². The fourth-order valence-corrected chi connectivity index (χ4v) is 3.10. The molecule has 6 heteroatoms. The molecule has 2 unspecified atom stereocenters. The van der Waals surface area contributed by atoms with Crippen molar-refractivity contribution >= 4 is 17.8 Å². The number of carbonyl (C=O) groups is 3. The van der Waals surface area contributed by atoms with Gasteiger partial charge in [0.1, 0.15) is 0 Å². The molecule has 1 aliphatic carbocycles. The summed E-state index contributed by atoms with van der Waals surface area (Å²) in [5, 5.41) is 8.93. The van der Waals surface area contributed by atoms with Gasteiger partial charge in [-0.15, -0.1) is 0 Å². The van der Waals surface area contributed by atoms with Gasteiger partial charge in [-0.3, -0.25) is 14.4 Å². The van der Waals surface area contributed by atoms with E-state index in [1.165, 1.54) is 0 Å². The SMILES string of the molecule is O=C(O)C1CC(=O)N(CC2CC(=O)N(C3CC3)C2)C1. The Balaban J connectivity index is 1.56. The maximum Gasteiger partial charge on any atom is 0.308 e. The van der Waals surface area contributed by atoms with Gasteiger partial charge < -0.3 is 14.9 Å². The quantitative estimate of drug-likeness (QED) is 0.772. The number of hydrogen-bond acceptors (Lipinski definition) is 3. The zero-order valence-electron chi connectivity index (χ0n) is 10.7. The molecule has 2 saturated heterocycles. The Bertz CT molecular complexity index is 432. The van der Waals surface area contributed by atoms with Crippen molar-refractivity contribution in [3.63, 3.8) is 0 Å². The highest BCUT2D eigenvalue weighted by molar-refractivity contribution is 5.86. The molecule has 1 saturated carbocycles. The minimum Gasteiger partial charge on any atom is -0.481 e. The highest BCUT2D eigenvalue weighted by atomic mass is 16.4. The van der Waals surface area contributed by atoms with Crippen LogP contribution in [0.1, 0.15) is 25.7 Å². The van der Waals surface area contributed by atoms with Crippen molar-refractivity contribution < 1.29 is 19.5 Å². The van der Waals surface area contributed by atoms with Crippen LogP contribution in [0.15, 0.2) is 0 Å². The molecule has 3 fully saturated rings. The van der Waals surface area contributed by atoms with Crippen molar-refractivity contribution in [1.82, 2.24) is 9.80 Å². The lowest BCUT2D eigenvalue weighted by atomic mass is 10.1. The Morgan fingerprint density at radius 1 is 1.16 bits per heavy atom. The van der Waals surface area contributed by atoms with E-state index >= 15 is 0 Å². The van der Waals surface area contributed by atoms with Crippen LogP contribution < -0.4 is 0 Å². The lowest BCUT2D eigenvalue weighted by Gasteiger charge is -2.21. The number of amides is 2. The third kappa shape index (κ3) is 2.43. The number of rotatable bonds is 4. The standard InChI is InChI=1S/C13H18N2O4/c16-11-4-9(13(18)19)7-14(11)5-8-3-12(17)15(6-8)10-1-2-10/h8-10H,1-7H2,(H,18,19). The predicted molar refractivity (Wildman–Crippen MR) is 65.2 cm³/mol. The Kier molecular flexibility index (Phi) is 2.95. The zero-order chi connectivity index (χ0) is 13.6. The maximum atomic E-state index is 11.8. The highest BCUT2D eigenvalue weighted by Crippen LogP contribution is 2.33. The number of hydrogen-bond donors (Lipinski definition) is 1. The van der Waals surface area contributed by atoms with Gasteiger partial charge in [-0.2, -0.15) is 0 Å². The van der Waals surface area contributed by atoms with Crippen LogP contribution in [0, 0.1) is 11.8 Å². The van der Waals surface area contributed by atoms with E-state index < -0.39 is 11.9 Å². The summed E-state index contributed by atoms with van der Waals surface area (Å²) in [4.78, 5) is 38.0. The maximum absolute atomic E-state index is 11.8. The smallest absolute Gasteiger partial charge is 0.308 e. The van der Waals surface area contributed by atoms with E-state index in [4.69, 9.17) is 5.11 Å². The molecule has 0 aromatic rings. The molecular formula is C13H18N2O4. The van der Waals surface area contributed by atoms with Crippen LogP contribution in [0.3, 0.4) is 0 Å². The zero-order valence-corrected chi connectivity index (χ0v) is 10.7. The summed E-state index contributed by atoms with van der Waals surface area (Å²) in [6, 6.07) is 0.429. The topological polar surface area (TPSA) is 77.9 Å². The van der Waals surface area contributed by atoms with E-state index in [1.807, 2.05) is 4.90 Å². The third-order valence-electron chi connectivity index (χ3n) is 4.27. The molecule has 0 bridgehead atoms. The van der Waals surface area contributed by atoms with Crippen molar-refractivity contribution in [3.05, 3.63) is 0 Å². The summed E-state index contributed by atoms with van der Waals surface area (Å²) in [6.45, 7) is 1.55. The molecule has 0 spiro atoms. The van der Waals surface area contributed by atoms with E-state index in [1.54, 1.807) is 4.90 Å².